The number of hydrogen-bond acceptors (Lipinski definition) is 7. The molecule has 7 heteroatoms. The van der Waals surface area contributed by atoms with Crippen LogP contribution in [0.3, 0.4) is 0 Å². The third kappa shape index (κ3) is 4.22. The molecule has 0 bridgehead atoms. The number of hydrogen-bond donors (Lipinski definition) is 2. The molecule has 2 rings (SSSR count). The number of anilines is 4. The van der Waals surface area contributed by atoms with Crippen molar-refractivity contribution in [2.75, 3.05) is 42.4 Å². The average Bonchev–Trinajstić information content (AvgIpc) is 2.47. The maximum absolute atomic E-state index is 4.41. The van der Waals surface area contributed by atoms with Gasteiger partial charge >= 0.3 is 0 Å². The number of benzene rings is 1. The number of thioether (sulfide) groups is 1. The van der Waals surface area contributed by atoms with Crippen LogP contribution in [-0.2, 0) is 0 Å². The van der Waals surface area contributed by atoms with Crippen LogP contribution in [-0.4, -0.2) is 41.8 Å². The molecular formula is C14H20N6S. The van der Waals surface area contributed by atoms with Crippen molar-refractivity contribution in [1.29, 1.82) is 0 Å². The first kappa shape index (κ1) is 15.4. The van der Waals surface area contributed by atoms with Crippen molar-refractivity contribution in [3.05, 3.63) is 24.3 Å². The Labute approximate surface area is 129 Å². The van der Waals surface area contributed by atoms with Crippen molar-refractivity contribution in [1.82, 2.24) is 15.0 Å². The molecule has 1 aromatic carbocycles. The highest BCUT2D eigenvalue weighted by atomic mass is 32.2. The molecular weight excluding hydrogens is 284 g/mol. The summed E-state index contributed by atoms with van der Waals surface area (Å²) >= 11 is 1.70. The first-order chi connectivity index (χ1) is 10.1. The first-order valence-corrected chi connectivity index (χ1v) is 7.93. The van der Waals surface area contributed by atoms with Crippen LogP contribution in [0.15, 0.2) is 29.2 Å². The Morgan fingerprint density at radius 3 is 2.57 bits per heavy atom. The lowest BCUT2D eigenvalue weighted by atomic mass is 10.3. The van der Waals surface area contributed by atoms with Crippen LogP contribution in [0.25, 0.3) is 0 Å². The highest BCUT2D eigenvalue weighted by Crippen LogP contribution is 2.22. The Morgan fingerprint density at radius 1 is 1.14 bits per heavy atom. The number of aromatic nitrogens is 3. The molecule has 0 radical (unpaired) electrons. The molecule has 0 saturated heterocycles. The zero-order valence-electron chi connectivity index (χ0n) is 12.7. The van der Waals surface area contributed by atoms with Crippen LogP contribution in [0, 0.1) is 0 Å². The second-order valence-corrected chi connectivity index (χ2v) is 5.44. The zero-order valence-corrected chi connectivity index (χ0v) is 13.5. The van der Waals surface area contributed by atoms with E-state index in [2.05, 4.69) is 44.0 Å². The average molecular weight is 304 g/mol. The monoisotopic (exact) mass is 304 g/mol. The molecule has 0 aliphatic heterocycles. The van der Waals surface area contributed by atoms with Gasteiger partial charge in [-0.05, 0) is 31.4 Å². The quantitative estimate of drug-likeness (QED) is 0.795. The maximum Gasteiger partial charge on any atom is 0.233 e. The van der Waals surface area contributed by atoms with Crippen LogP contribution in [0.2, 0.25) is 0 Å². The molecule has 0 saturated carbocycles. The van der Waals surface area contributed by atoms with Gasteiger partial charge in [0.1, 0.15) is 0 Å². The molecule has 21 heavy (non-hydrogen) atoms. The fraction of sp³-hybridized carbons (Fsp3) is 0.357. The summed E-state index contributed by atoms with van der Waals surface area (Å²) in [6, 6.07) is 8.13. The van der Waals surface area contributed by atoms with Gasteiger partial charge < -0.3 is 15.5 Å². The van der Waals surface area contributed by atoms with E-state index < -0.39 is 0 Å². The van der Waals surface area contributed by atoms with Crippen molar-refractivity contribution in [2.45, 2.75) is 11.8 Å². The molecule has 0 aliphatic carbocycles. The van der Waals surface area contributed by atoms with E-state index in [1.165, 1.54) is 4.90 Å². The standard InChI is InChI=1S/C14H20N6S/c1-5-15-12-17-13(19-14(18-12)20(2)3)16-10-7-6-8-11(9-10)21-4/h6-9H,5H2,1-4H3,(H2,15,16,17,18,19). The van der Waals surface area contributed by atoms with E-state index in [0.29, 0.717) is 17.8 Å². The van der Waals surface area contributed by atoms with Crippen LogP contribution in [0.1, 0.15) is 6.92 Å². The highest BCUT2D eigenvalue weighted by Gasteiger charge is 2.08. The summed E-state index contributed by atoms with van der Waals surface area (Å²) in [5.41, 5.74) is 0.959. The fourth-order valence-electron chi connectivity index (χ4n) is 1.69. The minimum absolute atomic E-state index is 0.530. The van der Waals surface area contributed by atoms with Gasteiger partial charge in [-0.25, -0.2) is 0 Å². The van der Waals surface area contributed by atoms with Crippen molar-refractivity contribution in [3.8, 4) is 0 Å². The summed E-state index contributed by atoms with van der Waals surface area (Å²) in [5.74, 6) is 1.71. The van der Waals surface area contributed by atoms with Gasteiger partial charge in [-0.1, -0.05) is 6.07 Å². The summed E-state index contributed by atoms with van der Waals surface area (Å²) in [6.45, 7) is 2.77. The Balaban J connectivity index is 2.29. The molecule has 2 N–H and O–H groups in total. The van der Waals surface area contributed by atoms with Crippen LogP contribution in [0.5, 0.6) is 0 Å². The summed E-state index contributed by atoms with van der Waals surface area (Å²) < 4.78 is 0. The minimum atomic E-state index is 0.530. The van der Waals surface area contributed by atoms with E-state index in [1.807, 2.05) is 38.1 Å². The molecule has 0 spiro atoms. The summed E-state index contributed by atoms with van der Waals surface area (Å²) in [7, 11) is 3.81. The first-order valence-electron chi connectivity index (χ1n) is 6.70. The predicted octanol–water partition coefficient (Wildman–Crippen LogP) is 2.83. The van der Waals surface area contributed by atoms with E-state index >= 15 is 0 Å². The molecule has 1 heterocycles. The second kappa shape index (κ2) is 7.12. The smallest absolute Gasteiger partial charge is 0.233 e. The lowest BCUT2D eigenvalue weighted by molar-refractivity contribution is 0.953. The number of nitrogens with one attached hydrogen (secondary N) is 2. The molecule has 6 nitrogen and oxygen atoms in total. The summed E-state index contributed by atoms with van der Waals surface area (Å²) in [5, 5.41) is 6.35. The Hall–Kier alpha value is -2.02. The molecule has 0 atom stereocenters. The van der Waals surface area contributed by atoms with Crippen molar-refractivity contribution in [2.24, 2.45) is 0 Å². The minimum Gasteiger partial charge on any atom is -0.354 e. The topological polar surface area (TPSA) is 66.0 Å². The van der Waals surface area contributed by atoms with E-state index in [4.69, 9.17) is 0 Å². The van der Waals surface area contributed by atoms with Gasteiger partial charge in [0.15, 0.2) is 0 Å². The second-order valence-electron chi connectivity index (χ2n) is 4.56. The molecule has 0 unspecified atom stereocenters. The van der Waals surface area contributed by atoms with Crippen molar-refractivity contribution >= 4 is 35.3 Å². The van der Waals surface area contributed by atoms with E-state index in [9.17, 15) is 0 Å². The highest BCUT2D eigenvalue weighted by molar-refractivity contribution is 7.98. The fourth-order valence-corrected chi connectivity index (χ4v) is 2.15. The van der Waals surface area contributed by atoms with E-state index in [-0.39, 0.29) is 0 Å². The SMILES string of the molecule is CCNc1nc(Nc2cccc(SC)c2)nc(N(C)C)n1. The predicted molar refractivity (Wildman–Crippen MR) is 89.8 cm³/mol. The van der Waals surface area contributed by atoms with E-state index in [1.54, 1.807) is 11.8 Å². The third-order valence-electron chi connectivity index (χ3n) is 2.68. The molecule has 0 amide bonds. The van der Waals surface area contributed by atoms with Gasteiger partial charge in [0.05, 0.1) is 0 Å². The Bertz CT molecular complexity index is 602. The van der Waals surface area contributed by atoms with Crippen LogP contribution in [0.4, 0.5) is 23.5 Å². The zero-order chi connectivity index (χ0) is 15.2. The Morgan fingerprint density at radius 2 is 1.90 bits per heavy atom. The molecule has 2 aromatic rings. The maximum atomic E-state index is 4.41. The van der Waals surface area contributed by atoms with Crippen LogP contribution < -0.4 is 15.5 Å². The Kier molecular flexibility index (Phi) is 5.21. The molecule has 0 fully saturated rings. The largest absolute Gasteiger partial charge is 0.354 e. The van der Waals surface area contributed by atoms with E-state index in [0.717, 1.165) is 12.2 Å². The third-order valence-corrected chi connectivity index (χ3v) is 3.41. The van der Waals surface area contributed by atoms with Crippen molar-refractivity contribution < 1.29 is 0 Å². The van der Waals surface area contributed by atoms with Crippen molar-refractivity contribution in [3.63, 3.8) is 0 Å². The molecule has 1 aromatic heterocycles. The van der Waals surface area contributed by atoms with Crippen LogP contribution >= 0.6 is 11.8 Å². The number of rotatable bonds is 6. The summed E-state index contributed by atoms with van der Waals surface area (Å²) in [6.07, 6.45) is 2.05. The normalized spacial score (nSPS) is 10.3. The van der Waals surface area contributed by atoms with Gasteiger partial charge in [0, 0.05) is 31.2 Å². The lowest BCUT2D eigenvalue weighted by Gasteiger charge is -2.14. The summed E-state index contributed by atoms with van der Waals surface area (Å²) in [4.78, 5) is 16.2. The van der Waals surface area contributed by atoms with Gasteiger partial charge in [0.25, 0.3) is 0 Å². The van der Waals surface area contributed by atoms with Gasteiger partial charge in [0.2, 0.25) is 17.8 Å². The molecule has 112 valence electrons. The number of nitrogens with zero attached hydrogens (tertiary/aromatic N) is 4. The van der Waals surface area contributed by atoms with Gasteiger partial charge in [-0.2, -0.15) is 15.0 Å². The van der Waals surface area contributed by atoms with Gasteiger partial charge in [-0.3, -0.25) is 0 Å². The molecule has 0 aliphatic rings. The lowest BCUT2D eigenvalue weighted by Crippen LogP contribution is -2.16. The van der Waals surface area contributed by atoms with Gasteiger partial charge in [-0.15, -0.1) is 11.8 Å².